The second-order valence-electron chi connectivity index (χ2n) is 4.92. The van der Waals surface area contributed by atoms with Crippen molar-refractivity contribution < 1.29 is 14.7 Å². The fourth-order valence-corrected chi connectivity index (χ4v) is 2.47. The fraction of sp³-hybridized carbons (Fsp3) is 0.615. The molecule has 0 spiro atoms. The number of hydrogen-bond acceptors (Lipinski definition) is 3. The van der Waals surface area contributed by atoms with Gasteiger partial charge in [0.15, 0.2) is 5.69 Å². The van der Waals surface area contributed by atoms with Crippen molar-refractivity contribution in [2.45, 2.75) is 38.5 Å². The van der Waals surface area contributed by atoms with E-state index < -0.39 is 5.97 Å². The number of carboxylic acid groups (broad SMARTS) is 1. The zero-order chi connectivity index (χ0) is 13.8. The lowest BCUT2D eigenvalue weighted by atomic mass is 9.93. The van der Waals surface area contributed by atoms with Gasteiger partial charge >= 0.3 is 5.97 Å². The van der Waals surface area contributed by atoms with Gasteiger partial charge in [-0.2, -0.15) is 5.10 Å². The van der Waals surface area contributed by atoms with E-state index in [1.54, 1.807) is 6.07 Å². The number of rotatable bonds is 4. The van der Waals surface area contributed by atoms with Crippen LogP contribution in [0.1, 0.15) is 54.7 Å². The Labute approximate surface area is 111 Å². The first kappa shape index (κ1) is 13.6. The highest BCUT2D eigenvalue weighted by Crippen LogP contribution is 2.27. The lowest BCUT2D eigenvalue weighted by molar-refractivity contribution is -0.132. The maximum atomic E-state index is 11.8. The SMILES string of the molecule is CCCC(=O)N1CCC(c2cc(C(=O)O)n[nH]2)CC1. The molecule has 0 unspecified atom stereocenters. The number of H-pyrrole nitrogens is 1. The number of amides is 1. The number of carbonyl (C=O) groups excluding carboxylic acids is 1. The topological polar surface area (TPSA) is 86.3 Å². The Kier molecular flexibility index (Phi) is 4.19. The molecule has 2 rings (SSSR count). The summed E-state index contributed by atoms with van der Waals surface area (Å²) in [4.78, 5) is 24.4. The third-order valence-electron chi connectivity index (χ3n) is 3.57. The Morgan fingerprint density at radius 2 is 2.16 bits per heavy atom. The second-order valence-corrected chi connectivity index (χ2v) is 4.92. The van der Waals surface area contributed by atoms with Crippen LogP contribution < -0.4 is 0 Å². The average Bonchev–Trinajstić information content (AvgIpc) is 2.89. The number of aromatic amines is 1. The minimum atomic E-state index is -1.02. The predicted octanol–water partition coefficient (Wildman–Crippen LogP) is 1.61. The van der Waals surface area contributed by atoms with Crippen LogP contribution in [0.25, 0.3) is 0 Å². The maximum Gasteiger partial charge on any atom is 0.356 e. The molecule has 1 saturated heterocycles. The van der Waals surface area contributed by atoms with Gasteiger partial charge in [-0.1, -0.05) is 6.92 Å². The third kappa shape index (κ3) is 3.13. The monoisotopic (exact) mass is 265 g/mol. The number of nitrogens with zero attached hydrogens (tertiary/aromatic N) is 2. The molecular weight excluding hydrogens is 246 g/mol. The number of aromatic nitrogens is 2. The van der Waals surface area contributed by atoms with Gasteiger partial charge in [-0.25, -0.2) is 4.79 Å². The Hall–Kier alpha value is -1.85. The molecule has 0 bridgehead atoms. The van der Waals surface area contributed by atoms with E-state index in [-0.39, 0.29) is 17.5 Å². The van der Waals surface area contributed by atoms with Gasteiger partial charge in [-0.3, -0.25) is 9.89 Å². The van der Waals surface area contributed by atoms with Crippen molar-refractivity contribution >= 4 is 11.9 Å². The van der Waals surface area contributed by atoms with Crippen molar-refractivity contribution in [1.82, 2.24) is 15.1 Å². The van der Waals surface area contributed by atoms with Gasteiger partial charge in [0.1, 0.15) is 0 Å². The molecule has 1 aliphatic rings. The molecule has 2 N–H and O–H groups in total. The van der Waals surface area contributed by atoms with Gasteiger partial charge < -0.3 is 10.0 Å². The minimum absolute atomic E-state index is 0.0551. The molecule has 1 aliphatic heterocycles. The van der Waals surface area contributed by atoms with E-state index in [2.05, 4.69) is 10.2 Å². The van der Waals surface area contributed by atoms with Crippen LogP contribution in [0.3, 0.4) is 0 Å². The van der Waals surface area contributed by atoms with Crippen molar-refractivity contribution in [1.29, 1.82) is 0 Å². The summed E-state index contributed by atoms with van der Waals surface area (Å²) < 4.78 is 0. The van der Waals surface area contributed by atoms with Crippen LogP contribution in [0, 0.1) is 0 Å². The molecule has 1 aromatic heterocycles. The highest BCUT2D eigenvalue weighted by Gasteiger charge is 2.25. The quantitative estimate of drug-likeness (QED) is 0.866. The number of nitrogens with one attached hydrogen (secondary N) is 1. The Morgan fingerprint density at radius 1 is 1.47 bits per heavy atom. The molecule has 0 aliphatic carbocycles. The standard InChI is InChI=1S/C13H19N3O3/c1-2-3-12(17)16-6-4-9(5-7-16)10-8-11(13(18)19)15-14-10/h8-9H,2-7H2,1H3,(H,14,15)(H,18,19). The van der Waals surface area contributed by atoms with Crippen molar-refractivity contribution in [3.8, 4) is 0 Å². The van der Waals surface area contributed by atoms with Gasteiger partial charge in [0.05, 0.1) is 0 Å². The normalized spacial score (nSPS) is 16.6. The summed E-state index contributed by atoms with van der Waals surface area (Å²) >= 11 is 0. The van der Waals surface area contributed by atoms with Crippen molar-refractivity contribution in [2.75, 3.05) is 13.1 Å². The van der Waals surface area contributed by atoms with Crippen molar-refractivity contribution in [3.05, 3.63) is 17.5 Å². The van der Waals surface area contributed by atoms with Crippen LogP contribution >= 0.6 is 0 Å². The molecule has 19 heavy (non-hydrogen) atoms. The molecule has 0 radical (unpaired) electrons. The van der Waals surface area contributed by atoms with Crippen LogP contribution in [0.5, 0.6) is 0 Å². The van der Waals surface area contributed by atoms with Crippen LogP contribution in [0.15, 0.2) is 6.07 Å². The van der Waals surface area contributed by atoms with Crippen LogP contribution in [-0.2, 0) is 4.79 Å². The maximum absolute atomic E-state index is 11.8. The van der Waals surface area contributed by atoms with Gasteiger partial charge in [-0.05, 0) is 25.3 Å². The van der Waals surface area contributed by atoms with E-state index in [1.165, 1.54) is 0 Å². The Morgan fingerprint density at radius 3 is 2.68 bits per heavy atom. The molecule has 1 fully saturated rings. The van der Waals surface area contributed by atoms with Crippen molar-refractivity contribution in [3.63, 3.8) is 0 Å². The highest BCUT2D eigenvalue weighted by atomic mass is 16.4. The number of carbonyl (C=O) groups is 2. The van der Waals surface area contributed by atoms with E-state index >= 15 is 0 Å². The molecule has 104 valence electrons. The molecule has 6 nitrogen and oxygen atoms in total. The number of aromatic carboxylic acids is 1. The van der Waals surface area contributed by atoms with E-state index in [1.807, 2.05) is 11.8 Å². The summed E-state index contributed by atoms with van der Waals surface area (Å²) in [5, 5.41) is 15.4. The van der Waals surface area contributed by atoms with Gasteiger partial charge in [0.2, 0.25) is 5.91 Å². The van der Waals surface area contributed by atoms with Gasteiger partial charge in [-0.15, -0.1) is 0 Å². The van der Waals surface area contributed by atoms with E-state index in [4.69, 9.17) is 5.11 Å². The lowest BCUT2D eigenvalue weighted by Crippen LogP contribution is -2.37. The predicted molar refractivity (Wildman–Crippen MR) is 69.0 cm³/mol. The zero-order valence-electron chi connectivity index (χ0n) is 11.1. The van der Waals surface area contributed by atoms with Crippen molar-refractivity contribution in [2.24, 2.45) is 0 Å². The summed E-state index contributed by atoms with van der Waals surface area (Å²) in [6, 6.07) is 1.59. The molecule has 0 aromatic carbocycles. The van der Waals surface area contributed by atoms with Crippen LogP contribution in [-0.4, -0.2) is 45.2 Å². The molecular formula is C13H19N3O3. The molecule has 1 amide bonds. The second kappa shape index (κ2) is 5.86. The minimum Gasteiger partial charge on any atom is -0.476 e. The molecule has 0 atom stereocenters. The molecule has 2 heterocycles. The summed E-state index contributed by atoms with van der Waals surface area (Å²) in [5.74, 6) is -0.527. The number of hydrogen-bond donors (Lipinski definition) is 2. The molecule has 6 heteroatoms. The van der Waals surface area contributed by atoms with Crippen LogP contribution in [0.2, 0.25) is 0 Å². The average molecular weight is 265 g/mol. The van der Waals surface area contributed by atoms with E-state index in [9.17, 15) is 9.59 Å². The summed E-state index contributed by atoms with van der Waals surface area (Å²) in [7, 11) is 0. The molecule has 0 saturated carbocycles. The largest absolute Gasteiger partial charge is 0.476 e. The number of likely N-dealkylation sites (tertiary alicyclic amines) is 1. The van der Waals surface area contributed by atoms with Crippen LogP contribution in [0.4, 0.5) is 0 Å². The zero-order valence-corrected chi connectivity index (χ0v) is 11.1. The first-order valence-electron chi connectivity index (χ1n) is 6.68. The van der Waals surface area contributed by atoms with Gasteiger partial charge in [0, 0.05) is 31.1 Å². The third-order valence-corrected chi connectivity index (χ3v) is 3.57. The highest BCUT2D eigenvalue weighted by molar-refractivity contribution is 5.85. The first-order chi connectivity index (χ1) is 9.11. The van der Waals surface area contributed by atoms with E-state index in [0.29, 0.717) is 6.42 Å². The van der Waals surface area contributed by atoms with Gasteiger partial charge in [0.25, 0.3) is 0 Å². The summed E-state index contributed by atoms with van der Waals surface area (Å²) in [6.07, 6.45) is 3.20. The smallest absolute Gasteiger partial charge is 0.356 e. The Balaban J connectivity index is 1.92. The summed E-state index contributed by atoms with van der Waals surface area (Å²) in [5.41, 5.74) is 0.916. The summed E-state index contributed by atoms with van der Waals surface area (Å²) in [6.45, 7) is 3.48. The number of piperidine rings is 1. The Bertz CT molecular complexity index is 461. The first-order valence-corrected chi connectivity index (χ1v) is 6.68. The van der Waals surface area contributed by atoms with E-state index in [0.717, 1.165) is 38.0 Å². The fourth-order valence-electron chi connectivity index (χ4n) is 2.47. The molecule has 1 aromatic rings. The number of carboxylic acids is 1. The lowest BCUT2D eigenvalue weighted by Gasteiger charge is -2.31.